The Labute approximate surface area is 120 Å². The van der Waals surface area contributed by atoms with E-state index >= 15 is 0 Å². The molecule has 1 aromatic rings. The van der Waals surface area contributed by atoms with E-state index in [-0.39, 0.29) is 18.4 Å². The predicted molar refractivity (Wildman–Crippen MR) is 78.6 cm³/mol. The molecule has 110 valence electrons. The molecule has 0 aliphatic rings. The normalized spacial score (nSPS) is 11.9. The van der Waals surface area contributed by atoms with Crippen molar-refractivity contribution in [2.75, 3.05) is 13.1 Å². The third-order valence-corrected chi connectivity index (χ3v) is 3.22. The predicted octanol–water partition coefficient (Wildman–Crippen LogP) is 2.50. The van der Waals surface area contributed by atoms with Crippen LogP contribution in [0.25, 0.3) is 0 Å². The van der Waals surface area contributed by atoms with E-state index in [1.165, 1.54) is 10.5 Å². The molecule has 1 unspecified atom stereocenters. The lowest BCUT2D eigenvalue weighted by Crippen LogP contribution is -2.40. The molecular formula is C16H23NO3. The molecule has 0 spiro atoms. The second-order valence-electron chi connectivity index (χ2n) is 5.24. The van der Waals surface area contributed by atoms with Crippen molar-refractivity contribution >= 4 is 11.9 Å². The van der Waals surface area contributed by atoms with Gasteiger partial charge in [0.25, 0.3) is 0 Å². The molecule has 1 N–H and O–H groups in total. The van der Waals surface area contributed by atoms with E-state index in [4.69, 9.17) is 5.11 Å². The summed E-state index contributed by atoms with van der Waals surface area (Å²) in [5, 5.41) is 8.87. The van der Waals surface area contributed by atoms with Crippen LogP contribution < -0.4 is 0 Å². The number of rotatable bonds is 7. The van der Waals surface area contributed by atoms with Gasteiger partial charge in [0.15, 0.2) is 0 Å². The Morgan fingerprint density at radius 3 is 2.35 bits per heavy atom. The molecule has 0 saturated carbocycles. The van der Waals surface area contributed by atoms with Crippen LogP contribution in [0.2, 0.25) is 0 Å². The summed E-state index contributed by atoms with van der Waals surface area (Å²) in [5.41, 5.74) is 2.29. The monoisotopic (exact) mass is 277 g/mol. The molecule has 0 saturated heterocycles. The fraction of sp³-hybridized carbons (Fsp3) is 0.500. The van der Waals surface area contributed by atoms with Crippen molar-refractivity contribution in [3.8, 4) is 0 Å². The van der Waals surface area contributed by atoms with Gasteiger partial charge in [0.2, 0.25) is 5.91 Å². The average Bonchev–Trinajstić information content (AvgIpc) is 2.39. The SMILES string of the molecule is CCCN(CC(=O)O)C(=O)C(C)Cc1ccc(C)cc1. The Hall–Kier alpha value is -1.84. The van der Waals surface area contributed by atoms with Gasteiger partial charge < -0.3 is 10.0 Å². The van der Waals surface area contributed by atoms with Gasteiger partial charge in [-0.1, -0.05) is 43.7 Å². The van der Waals surface area contributed by atoms with Gasteiger partial charge in [0, 0.05) is 12.5 Å². The Bertz CT molecular complexity index is 453. The Morgan fingerprint density at radius 2 is 1.85 bits per heavy atom. The number of carboxylic acid groups (broad SMARTS) is 1. The minimum atomic E-state index is -0.964. The fourth-order valence-electron chi connectivity index (χ4n) is 2.18. The van der Waals surface area contributed by atoms with E-state index in [0.29, 0.717) is 13.0 Å². The number of amides is 1. The van der Waals surface area contributed by atoms with E-state index in [9.17, 15) is 9.59 Å². The van der Waals surface area contributed by atoms with Crippen LogP contribution in [-0.4, -0.2) is 35.0 Å². The number of aliphatic carboxylic acids is 1. The number of hydrogen-bond donors (Lipinski definition) is 1. The fourth-order valence-corrected chi connectivity index (χ4v) is 2.18. The summed E-state index contributed by atoms with van der Waals surface area (Å²) in [5.74, 6) is -1.26. The van der Waals surface area contributed by atoms with E-state index in [2.05, 4.69) is 0 Å². The van der Waals surface area contributed by atoms with Crippen LogP contribution in [0.1, 0.15) is 31.4 Å². The quantitative estimate of drug-likeness (QED) is 0.833. The summed E-state index contributed by atoms with van der Waals surface area (Å²) in [6.07, 6.45) is 1.40. The molecule has 20 heavy (non-hydrogen) atoms. The van der Waals surface area contributed by atoms with Crippen LogP contribution in [0.4, 0.5) is 0 Å². The lowest BCUT2D eigenvalue weighted by molar-refractivity contribution is -0.146. The first-order chi connectivity index (χ1) is 9.43. The van der Waals surface area contributed by atoms with Gasteiger partial charge in [0.1, 0.15) is 6.54 Å². The maximum atomic E-state index is 12.3. The smallest absolute Gasteiger partial charge is 0.323 e. The summed E-state index contributed by atoms with van der Waals surface area (Å²) in [7, 11) is 0. The summed E-state index contributed by atoms with van der Waals surface area (Å²) in [6, 6.07) is 8.07. The first-order valence-corrected chi connectivity index (χ1v) is 7.00. The van der Waals surface area contributed by atoms with E-state index in [1.54, 1.807) is 0 Å². The lowest BCUT2D eigenvalue weighted by Gasteiger charge is -2.23. The molecule has 4 nitrogen and oxygen atoms in total. The van der Waals surface area contributed by atoms with E-state index < -0.39 is 5.97 Å². The average molecular weight is 277 g/mol. The highest BCUT2D eigenvalue weighted by Crippen LogP contribution is 2.13. The van der Waals surface area contributed by atoms with Crippen LogP contribution in [0, 0.1) is 12.8 Å². The molecule has 0 fully saturated rings. The molecule has 4 heteroatoms. The van der Waals surface area contributed by atoms with Crippen LogP contribution >= 0.6 is 0 Å². The van der Waals surface area contributed by atoms with Crippen LogP contribution in [0.3, 0.4) is 0 Å². The highest BCUT2D eigenvalue weighted by Gasteiger charge is 2.22. The van der Waals surface area contributed by atoms with Gasteiger partial charge in [-0.05, 0) is 25.3 Å². The van der Waals surface area contributed by atoms with Crippen molar-refractivity contribution in [1.29, 1.82) is 0 Å². The zero-order chi connectivity index (χ0) is 15.1. The maximum Gasteiger partial charge on any atom is 0.323 e. The van der Waals surface area contributed by atoms with Crippen molar-refractivity contribution < 1.29 is 14.7 Å². The molecular weight excluding hydrogens is 254 g/mol. The standard InChI is InChI=1S/C16H23NO3/c1-4-9-17(11-15(18)19)16(20)13(3)10-14-7-5-12(2)6-8-14/h5-8,13H,4,9-11H2,1-3H3,(H,18,19). The van der Waals surface area contributed by atoms with Crippen LogP contribution in [-0.2, 0) is 16.0 Å². The second-order valence-corrected chi connectivity index (χ2v) is 5.24. The lowest BCUT2D eigenvalue weighted by atomic mass is 9.99. The molecule has 0 aliphatic heterocycles. The van der Waals surface area contributed by atoms with Crippen molar-refractivity contribution in [3.63, 3.8) is 0 Å². The van der Waals surface area contributed by atoms with Gasteiger partial charge in [-0.2, -0.15) is 0 Å². The summed E-state index contributed by atoms with van der Waals surface area (Å²) >= 11 is 0. The Balaban J connectivity index is 2.67. The highest BCUT2D eigenvalue weighted by atomic mass is 16.4. The maximum absolute atomic E-state index is 12.3. The number of hydrogen-bond acceptors (Lipinski definition) is 2. The molecule has 0 heterocycles. The minimum absolute atomic E-state index is 0.0881. The molecule has 0 bridgehead atoms. The first-order valence-electron chi connectivity index (χ1n) is 7.00. The Kier molecular flexibility index (Phi) is 6.22. The van der Waals surface area contributed by atoms with Crippen molar-refractivity contribution in [3.05, 3.63) is 35.4 Å². The number of aryl methyl sites for hydroxylation is 1. The molecule has 1 rings (SSSR count). The molecule has 1 atom stereocenters. The summed E-state index contributed by atoms with van der Waals surface area (Å²) in [4.78, 5) is 24.5. The van der Waals surface area contributed by atoms with E-state index in [1.807, 2.05) is 45.0 Å². The number of carbonyl (C=O) groups excluding carboxylic acids is 1. The number of carbonyl (C=O) groups is 2. The molecule has 0 aromatic heterocycles. The van der Waals surface area contributed by atoms with Gasteiger partial charge in [0.05, 0.1) is 0 Å². The van der Waals surface area contributed by atoms with E-state index in [0.717, 1.165) is 12.0 Å². The minimum Gasteiger partial charge on any atom is -0.480 e. The number of carboxylic acids is 1. The topological polar surface area (TPSA) is 57.6 Å². The zero-order valence-corrected chi connectivity index (χ0v) is 12.4. The third kappa shape index (κ3) is 5.03. The third-order valence-electron chi connectivity index (χ3n) is 3.22. The van der Waals surface area contributed by atoms with Crippen LogP contribution in [0.15, 0.2) is 24.3 Å². The van der Waals surface area contributed by atoms with Gasteiger partial charge in [-0.25, -0.2) is 0 Å². The van der Waals surface area contributed by atoms with Crippen molar-refractivity contribution in [1.82, 2.24) is 4.90 Å². The molecule has 1 amide bonds. The van der Waals surface area contributed by atoms with Gasteiger partial charge in [-0.3, -0.25) is 9.59 Å². The second kappa shape index (κ2) is 7.68. The Morgan fingerprint density at radius 1 is 1.25 bits per heavy atom. The zero-order valence-electron chi connectivity index (χ0n) is 12.4. The summed E-state index contributed by atoms with van der Waals surface area (Å²) in [6.45, 7) is 6.09. The van der Waals surface area contributed by atoms with Gasteiger partial charge in [-0.15, -0.1) is 0 Å². The first kappa shape index (κ1) is 16.2. The molecule has 0 aliphatic carbocycles. The highest BCUT2D eigenvalue weighted by molar-refractivity contribution is 5.83. The molecule has 1 aromatic carbocycles. The number of benzene rings is 1. The largest absolute Gasteiger partial charge is 0.480 e. The molecule has 0 radical (unpaired) electrons. The van der Waals surface area contributed by atoms with Crippen molar-refractivity contribution in [2.45, 2.75) is 33.6 Å². The number of nitrogens with zero attached hydrogens (tertiary/aromatic N) is 1. The summed E-state index contributed by atoms with van der Waals surface area (Å²) < 4.78 is 0. The van der Waals surface area contributed by atoms with Gasteiger partial charge >= 0.3 is 5.97 Å². The van der Waals surface area contributed by atoms with Crippen molar-refractivity contribution in [2.24, 2.45) is 5.92 Å². The van der Waals surface area contributed by atoms with Crippen LogP contribution in [0.5, 0.6) is 0 Å².